The predicted octanol–water partition coefficient (Wildman–Crippen LogP) is 4.36. The zero-order valence-corrected chi connectivity index (χ0v) is 12.1. The Labute approximate surface area is 118 Å². The summed E-state index contributed by atoms with van der Waals surface area (Å²) < 4.78 is 28.3. The lowest BCUT2D eigenvalue weighted by molar-refractivity contribution is 0.583. The van der Waals surface area contributed by atoms with Crippen LogP contribution in [0.15, 0.2) is 30.3 Å². The van der Waals surface area contributed by atoms with Gasteiger partial charge in [-0.15, -0.1) is 0 Å². The van der Waals surface area contributed by atoms with E-state index in [0.29, 0.717) is 17.7 Å². The van der Waals surface area contributed by atoms with Crippen LogP contribution >= 0.6 is 0 Å². The molecule has 0 radical (unpaired) electrons. The minimum absolute atomic E-state index is 0.0702. The number of halogens is 2. The smallest absolute Gasteiger partial charge is 0.136 e. The van der Waals surface area contributed by atoms with Crippen LogP contribution in [0.3, 0.4) is 0 Å². The maximum atomic E-state index is 14.3. The Balaban J connectivity index is 2.54. The molecule has 20 heavy (non-hydrogen) atoms. The van der Waals surface area contributed by atoms with Gasteiger partial charge in [-0.2, -0.15) is 0 Å². The van der Waals surface area contributed by atoms with Crippen LogP contribution in [-0.4, -0.2) is 6.54 Å². The topological polar surface area (TPSA) is 12.0 Å². The highest BCUT2D eigenvalue weighted by molar-refractivity contribution is 5.70. The Kier molecular flexibility index (Phi) is 4.50. The number of rotatable bonds is 4. The third-order valence-corrected chi connectivity index (χ3v) is 3.43. The highest BCUT2D eigenvalue weighted by Gasteiger charge is 2.15. The van der Waals surface area contributed by atoms with Gasteiger partial charge in [-0.25, -0.2) is 8.78 Å². The third-order valence-electron chi connectivity index (χ3n) is 3.43. The van der Waals surface area contributed by atoms with E-state index in [9.17, 15) is 8.78 Å². The Morgan fingerprint density at radius 2 is 1.70 bits per heavy atom. The second kappa shape index (κ2) is 6.14. The molecule has 2 rings (SSSR count). The minimum atomic E-state index is -0.517. The number of nitrogens with one attached hydrogen (secondary N) is 1. The highest BCUT2D eigenvalue weighted by Crippen LogP contribution is 2.31. The first-order valence-electron chi connectivity index (χ1n) is 6.79. The molecule has 0 saturated carbocycles. The van der Waals surface area contributed by atoms with Crippen molar-refractivity contribution in [1.29, 1.82) is 0 Å². The van der Waals surface area contributed by atoms with Gasteiger partial charge >= 0.3 is 0 Å². The second-order valence-corrected chi connectivity index (χ2v) is 4.98. The van der Waals surface area contributed by atoms with Crippen LogP contribution in [0.1, 0.15) is 23.6 Å². The zero-order valence-electron chi connectivity index (χ0n) is 12.1. The van der Waals surface area contributed by atoms with Gasteiger partial charge in [-0.1, -0.05) is 25.1 Å². The molecule has 0 fully saturated rings. The molecule has 0 unspecified atom stereocenters. The zero-order chi connectivity index (χ0) is 14.7. The van der Waals surface area contributed by atoms with Crippen LogP contribution in [0, 0.1) is 25.5 Å². The number of hydrogen-bond acceptors (Lipinski definition) is 1. The van der Waals surface area contributed by atoms with E-state index in [0.717, 1.165) is 17.7 Å². The molecule has 106 valence electrons. The van der Waals surface area contributed by atoms with Crippen LogP contribution in [0.25, 0.3) is 11.1 Å². The van der Waals surface area contributed by atoms with Crippen molar-refractivity contribution in [2.24, 2.45) is 0 Å². The van der Waals surface area contributed by atoms with Crippen molar-refractivity contribution in [3.8, 4) is 11.1 Å². The van der Waals surface area contributed by atoms with Crippen molar-refractivity contribution in [3.05, 3.63) is 58.7 Å². The molecule has 0 bridgehead atoms. The summed E-state index contributed by atoms with van der Waals surface area (Å²) in [5.74, 6) is -0.995. The van der Waals surface area contributed by atoms with Crippen LogP contribution in [-0.2, 0) is 6.54 Å². The standard InChI is InChI=1S/C17H19F2N/c1-4-20-10-13-7-5-11(2)14(9-13)16-15(18)8-6-12(3)17(16)19/h5-9,20H,4,10H2,1-3H3. The van der Waals surface area contributed by atoms with E-state index in [4.69, 9.17) is 0 Å². The van der Waals surface area contributed by atoms with Crippen LogP contribution in [0.4, 0.5) is 8.78 Å². The molecule has 0 amide bonds. The second-order valence-electron chi connectivity index (χ2n) is 4.98. The van der Waals surface area contributed by atoms with Crippen molar-refractivity contribution in [1.82, 2.24) is 5.32 Å². The fourth-order valence-electron chi connectivity index (χ4n) is 2.22. The van der Waals surface area contributed by atoms with E-state index in [-0.39, 0.29) is 5.56 Å². The average Bonchev–Trinajstić information content (AvgIpc) is 2.44. The molecular formula is C17H19F2N. The summed E-state index contributed by atoms with van der Waals surface area (Å²) in [6, 6.07) is 8.53. The summed E-state index contributed by atoms with van der Waals surface area (Å²) in [5, 5.41) is 3.22. The summed E-state index contributed by atoms with van der Waals surface area (Å²) in [6.07, 6.45) is 0. The molecule has 1 nitrogen and oxygen atoms in total. The minimum Gasteiger partial charge on any atom is -0.313 e. The lowest BCUT2D eigenvalue weighted by atomic mass is 9.95. The van der Waals surface area contributed by atoms with Crippen molar-refractivity contribution >= 4 is 0 Å². The molecule has 0 atom stereocenters. The quantitative estimate of drug-likeness (QED) is 0.874. The van der Waals surface area contributed by atoms with E-state index in [1.54, 1.807) is 6.92 Å². The molecule has 2 aromatic carbocycles. The molecule has 2 aromatic rings. The Bertz CT molecular complexity index is 621. The summed E-state index contributed by atoms with van der Waals surface area (Å²) >= 11 is 0. The van der Waals surface area contributed by atoms with E-state index in [1.807, 2.05) is 32.0 Å². The fraction of sp³-hybridized carbons (Fsp3) is 0.294. The normalized spacial score (nSPS) is 10.8. The molecule has 1 N–H and O–H groups in total. The molecule has 0 saturated heterocycles. The number of benzene rings is 2. The van der Waals surface area contributed by atoms with E-state index < -0.39 is 11.6 Å². The molecule has 0 spiro atoms. The first-order chi connectivity index (χ1) is 9.54. The van der Waals surface area contributed by atoms with Gasteiger partial charge in [0.05, 0.1) is 5.56 Å². The third kappa shape index (κ3) is 2.88. The van der Waals surface area contributed by atoms with Gasteiger partial charge in [-0.3, -0.25) is 0 Å². The Morgan fingerprint density at radius 3 is 2.40 bits per heavy atom. The van der Waals surface area contributed by atoms with Gasteiger partial charge in [0.2, 0.25) is 0 Å². The number of hydrogen-bond donors (Lipinski definition) is 1. The van der Waals surface area contributed by atoms with Crippen molar-refractivity contribution in [3.63, 3.8) is 0 Å². The van der Waals surface area contributed by atoms with Crippen molar-refractivity contribution in [2.45, 2.75) is 27.3 Å². The molecular weight excluding hydrogens is 256 g/mol. The molecule has 3 heteroatoms. The Morgan fingerprint density at radius 1 is 1.00 bits per heavy atom. The lowest BCUT2D eigenvalue weighted by Gasteiger charge is -2.12. The molecule has 0 aliphatic heterocycles. The van der Waals surface area contributed by atoms with Gasteiger partial charge in [0.25, 0.3) is 0 Å². The molecule has 0 heterocycles. The van der Waals surface area contributed by atoms with E-state index in [1.165, 1.54) is 12.1 Å². The maximum Gasteiger partial charge on any atom is 0.136 e. The van der Waals surface area contributed by atoms with Crippen LogP contribution < -0.4 is 5.32 Å². The first kappa shape index (κ1) is 14.7. The molecule has 0 aromatic heterocycles. The van der Waals surface area contributed by atoms with E-state index in [2.05, 4.69) is 5.32 Å². The maximum absolute atomic E-state index is 14.3. The Hall–Kier alpha value is -1.74. The summed E-state index contributed by atoms with van der Waals surface area (Å²) in [4.78, 5) is 0. The highest BCUT2D eigenvalue weighted by atomic mass is 19.1. The monoisotopic (exact) mass is 275 g/mol. The van der Waals surface area contributed by atoms with Crippen molar-refractivity contribution < 1.29 is 8.78 Å². The van der Waals surface area contributed by atoms with Crippen LogP contribution in [0.2, 0.25) is 0 Å². The van der Waals surface area contributed by atoms with E-state index >= 15 is 0 Å². The van der Waals surface area contributed by atoms with Crippen LogP contribution in [0.5, 0.6) is 0 Å². The molecule has 0 aliphatic carbocycles. The molecule has 0 aliphatic rings. The predicted molar refractivity (Wildman–Crippen MR) is 78.6 cm³/mol. The average molecular weight is 275 g/mol. The van der Waals surface area contributed by atoms with Gasteiger partial charge in [0.1, 0.15) is 11.6 Å². The summed E-state index contributed by atoms with van der Waals surface area (Å²) in [7, 11) is 0. The SMILES string of the molecule is CCNCc1ccc(C)c(-c2c(F)ccc(C)c2F)c1. The summed E-state index contributed by atoms with van der Waals surface area (Å²) in [5.41, 5.74) is 3.04. The van der Waals surface area contributed by atoms with Gasteiger partial charge in [-0.05, 0) is 54.8 Å². The fourth-order valence-corrected chi connectivity index (χ4v) is 2.22. The summed E-state index contributed by atoms with van der Waals surface area (Å²) in [6.45, 7) is 7.09. The van der Waals surface area contributed by atoms with Gasteiger partial charge in [0.15, 0.2) is 0 Å². The lowest BCUT2D eigenvalue weighted by Crippen LogP contribution is -2.11. The number of aryl methyl sites for hydroxylation is 2. The van der Waals surface area contributed by atoms with Gasteiger partial charge in [0, 0.05) is 6.54 Å². The van der Waals surface area contributed by atoms with Gasteiger partial charge < -0.3 is 5.32 Å². The van der Waals surface area contributed by atoms with Crippen molar-refractivity contribution in [2.75, 3.05) is 6.54 Å². The first-order valence-corrected chi connectivity index (χ1v) is 6.79. The largest absolute Gasteiger partial charge is 0.313 e.